The van der Waals surface area contributed by atoms with E-state index < -0.39 is 0 Å². The van der Waals surface area contributed by atoms with Gasteiger partial charge in [0.05, 0.1) is 5.39 Å². The number of carbonyl (C=O) groups is 1. The molecule has 0 saturated heterocycles. The Morgan fingerprint density at radius 1 is 1.00 bits per heavy atom. The standard InChI is InChI=1S/C27H22FN3O2.C2H6/c28-24-14-18(8-11-21(24)16-6-7-16)17-3-1-4-20(13-17)31-15-23(27(33)30-19-9-10-19)25(32)22-5-2-12-29-26(22)31;1-2/h1-5,8,11-16,19H,6-7,9-10H2,(H,30,33);1-2H3. The van der Waals surface area contributed by atoms with Crippen molar-refractivity contribution in [2.75, 3.05) is 0 Å². The Balaban J connectivity index is 0.00000124. The van der Waals surface area contributed by atoms with Crippen LogP contribution in [-0.2, 0) is 0 Å². The summed E-state index contributed by atoms with van der Waals surface area (Å²) in [6, 6.07) is 16.6. The van der Waals surface area contributed by atoms with Gasteiger partial charge in [-0.25, -0.2) is 9.37 Å². The zero-order valence-corrected chi connectivity index (χ0v) is 19.9. The smallest absolute Gasteiger partial charge is 0.257 e. The first-order chi connectivity index (χ1) is 17.1. The summed E-state index contributed by atoms with van der Waals surface area (Å²) in [6.07, 6.45) is 7.16. The molecule has 1 N–H and O–H groups in total. The highest BCUT2D eigenvalue weighted by molar-refractivity contribution is 5.97. The predicted molar refractivity (Wildman–Crippen MR) is 137 cm³/mol. The van der Waals surface area contributed by atoms with Gasteiger partial charge in [-0.15, -0.1) is 0 Å². The van der Waals surface area contributed by atoms with Crippen LogP contribution in [-0.4, -0.2) is 21.5 Å². The summed E-state index contributed by atoms with van der Waals surface area (Å²) >= 11 is 0. The molecule has 2 aliphatic rings. The third-order valence-electron chi connectivity index (χ3n) is 6.39. The maximum Gasteiger partial charge on any atom is 0.257 e. The molecule has 2 aliphatic carbocycles. The molecule has 2 aromatic heterocycles. The number of hydrogen-bond donors (Lipinski definition) is 1. The van der Waals surface area contributed by atoms with Gasteiger partial charge < -0.3 is 9.88 Å². The van der Waals surface area contributed by atoms with Gasteiger partial charge in [-0.05, 0) is 78.6 Å². The minimum Gasteiger partial charge on any atom is -0.349 e. The van der Waals surface area contributed by atoms with E-state index in [-0.39, 0.29) is 28.8 Å². The van der Waals surface area contributed by atoms with E-state index >= 15 is 0 Å². The molecule has 0 spiro atoms. The van der Waals surface area contributed by atoms with Gasteiger partial charge in [-0.2, -0.15) is 0 Å². The number of halogens is 1. The van der Waals surface area contributed by atoms with E-state index in [0.29, 0.717) is 17.0 Å². The maximum absolute atomic E-state index is 14.7. The van der Waals surface area contributed by atoms with Gasteiger partial charge in [0.1, 0.15) is 17.0 Å². The number of fused-ring (bicyclic) bond motifs is 1. The quantitative estimate of drug-likeness (QED) is 0.391. The lowest BCUT2D eigenvalue weighted by Gasteiger charge is -2.14. The van der Waals surface area contributed by atoms with E-state index in [2.05, 4.69) is 10.3 Å². The molecule has 5 nitrogen and oxygen atoms in total. The van der Waals surface area contributed by atoms with Crippen molar-refractivity contribution in [3.05, 3.63) is 94.2 Å². The molecule has 4 aromatic rings. The number of nitrogens with one attached hydrogen (secondary N) is 1. The SMILES string of the molecule is CC.O=C(NC1CC1)c1cn(-c2cccc(-c3ccc(C4CC4)c(F)c3)c2)c2ncccc2c1=O. The number of hydrogen-bond acceptors (Lipinski definition) is 3. The van der Waals surface area contributed by atoms with E-state index in [9.17, 15) is 14.0 Å². The molecule has 1 amide bonds. The second-order valence-corrected chi connectivity index (χ2v) is 8.93. The van der Waals surface area contributed by atoms with E-state index in [1.807, 2.05) is 50.2 Å². The molecule has 0 aliphatic heterocycles. The van der Waals surface area contributed by atoms with Crippen molar-refractivity contribution in [3.8, 4) is 16.8 Å². The van der Waals surface area contributed by atoms with Crippen molar-refractivity contribution < 1.29 is 9.18 Å². The Labute approximate surface area is 203 Å². The minimum absolute atomic E-state index is 0.0904. The summed E-state index contributed by atoms with van der Waals surface area (Å²) in [4.78, 5) is 30.2. The first-order valence-corrected chi connectivity index (χ1v) is 12.3. The van der Waals surface area contributed by atoms with Crippen LogP contribution in [0.15, 0.2) is 71.8 Å². The van der Waals surface area contributed by atoms with Crippen LogP contribution in [0.4, 0.5) is 4.39 Å². The largest absolute Gasteiger partial charge is 0.349 e. The van der Waals surface area contributed by atoms with Crippen molar-refractivity contribution in [2.45, 2.75) is 51.5 Å². The average molecular weight is 470 g/mol. The highest BCUT2D eigenvalue weighted by Gasteiger charge is 2.27. The molecule has 2 fully saturated rings. The van der Waals surface area contributed by atoms with Crippen molar-refractivity contribution in [1.82, 2.24) is 14.9 Å². The Kier molecular flexibility index (Phi) is 6.20. The molecule has 0 unspecified atom stereocenters. The fourth-order valence-corrected chi connectivity index (χ4v) is 4.28. The number of pyridine rings is 2. The van der Waals surface area contributed by atoms with Gasteiger partial charge in [0.15, 0.2) is 0 Å². The van der Waals surface area contributed by atoms with Crippen LogP contribution in [0, 0.1) is 5.82 Å². The van der Waals surface area contributed by atoms with Crippen LogP contribution in [0.1, 0.15) is 61.4 Å². The molecule has 2 saturated carbocycles. The van der Waals surface area contributed by atoms with E-state index in [0.717, 1.165) is 48.1 Å². The monoisotopic (exact) mass is 469 g/mol. The fraction of sp³-hybridized carbons (Fsp3) is 0.276. The molecule has 0 radical (unpaired) electrons. The van der Waals surface area contributed by atoms with Gasteiger partial charge >= 0.3 is 0 Å². The van der Waals surface area contributed by atoms with Gasteiger partial charge in [-0.3, -0.25) is 9.59 Å². The summed E-state index contributed by atoms with van der Waals surface area (Å²) in [5.74, 6) is -0.185. The Morgan fingerprint density at radius 3 is 2.49 bits per heavy atom. The molecule has 178 valence electrons. The number of amides is 1. The third kappa shape index (κ3) is 4.61. The van der Waals surface area contributed by atoms with Crippen molar-refractivity contribution >= 4 is 16.9 Å². The van der Waals surface area contributed by atoms with Crippen LogP contribution < -0.4 is 10.7 Å². The lowest BCUT2D eigenvalue weighted by atomic mass is 10.0. The lowest BCUT2D eigenvalue weighted by Crippen LogP contribution is -2.31. The Morgan fingerprint density at radius 2 is 1.77 bits per heavy atom. The molecule has 0 bridgehead atoms. The molecule has 6 rings (SSSR count). The Hall–Kier alpha value is -3.80. The molecular formula is C29H28FN3O2. The molecule has 2 heterocycles. The lowest BCUT2D eigenvalue weighted by molar-refractivity contribution is 0.0949. The molecule has 0 atom stereocenters. The van der Waals surface area contributed by atoms with Crippen molar-refractivity contribution in [3.63, 3.8) is 0 Å². The first-order valence-electron chi connectivity index (χ1n) is 12.3. The summed E-state index contributed by atoms with van der Waals surface area (Å²) in [6.45, 7) is 4.00. The van der Waals surface area contributed by atoms with Crippen LogP contribution in [0.25, 0.3) is 27.8 Å². The molecule has 6 heteroatoms. The highest BCUT2D eigenvalue weighted by Crippen LogP contribution is 2.42. The minimum atomic E-state index is -0.365. The number of benzene rings is 2. The molecular weight excluding hydrogens is 441 g/mol. The summed E-state index contributed by atoms with van der Waals surface area (Å²) in [5.41, 5.74) is 3.39. The van der Waals surface area contributed by atoms with Gasteiger partial charge in [-0.1, -0.05) is 38.1 Å². The summed E-state index contributed by atoms with van der Waals surface area (Å²) in [7, 11) is 0. The van der Waals surface area contributed by atoms with Crippen LogP contribution in [0.2, 0.25) is 0 Å². The van der Waals surface area contributed by atoms with Crippen molar-refractivity contribution in [2.24, 2.45) is 0 Å². The number of nitrogens with zero attached hydrogens (tertiary/aromatic N) is 2. The second kappa shape index (κ2) is 9.45. The van der Waals surface area contributed by atoms with Gasteiger partial charge in [0.2, 0.25) is 5.43 Å². The highest BCUT2D eigenvalue weighted by atomic mass is 19.1. The normalized spacial score (nSPS) is 14.8. The third-order valence-corrected chi connectivity index (χ3v) is 6.39. The first kappa shape index (κ1) is 23.0. The van der Waals surface area contributed by atoms with E-state index in [4.69, 9.17) is 0 Å². The summed E-state index contributed by atoms with van der Waals surface area (Å²) < 4.78 is 16.4. The topological polar surface area (TPSA) is 64.0 Å². The second-order valence-electron chi connectivity index (χ2n) is 8.93. The Bertz CT molecular complexity index is 1470. The van der Waals surface area contributed by atoms with Crippen LogP contribution in [0.3, 0.4) is 0 Å². The number of aromatic nitrogens is 2. The molecule has 35 heavy (non-hydrogen) atoms. The number of carbonyl (C=O) groups excluding carboxylic acids is 1. The maximum atomic E-state index is 14.7. The van der Waals surface area contributed by atoms with Gasteiger partial charge in [0.25, 0.3) is 5.91 Å². The van der Waals surface area contributed by atoms with Gasteiger partial charge in [0, 0.05) is 24.1 Å². The fourth-order valence-electron chi connectivity index (χ4n) is 4.28. The zero-order chi connectivity index (χ0) is 24.5. The van der Waals surface area contributed by atoms with E-state index in [1.165, 1.54) is 0 Å². The molecule has 2 aromatic carbocycles. The van der Waals surface area contributed by atoms with Crippen LogP contribution in [0.5, 0.6) is 0 Å². The van der Waals surface area contributed by atoms with E-state index in [1.54, 1.807) is 35.2 Å². The van der Waals surface area contributed by atoms with Crippen LogP contribution >= 0.6 is 0 Å². The number of rotatable bonds is 5. The predicted octanol–water partition coefficient (Wildman–Crippen LogP) is 5.99. The summed E-state index contributed by atoms with van der Waals surface area (Å²) in [5, 5.41) is 3.28. The van der Waals surface area contributed by atoms with Crippen molar-refractivity contribution in [1.29, 1.82) is 0 Å². The average Bonchev–Trinajstić information content (AvgIpc) is 3.82. The zero-order valence-electron chi connectivity index (χ0n) is 19.9.